The molecule has 2 nitrogen and oxygen atoms in total. The van der Waals surface area contributed by atoms with Crippen LogP contribution in [0.15, 0.2) is 22.1 Å². The molecule has 0 heterocycles. The van der Waals surface area contributed by atoms with Crippen LogP contribution in [0, 0.1) is 11.8 Å². The van der Waals surface area contributed by atoms with Gasteiger partial charge >= 0.3 is 0 Å². The molecule has 0 N–H and O–H groups in total. The van der Waals surface area contributed by atoms with Crippen molar-refractivity contribution in [3.8, 4) is 0 Å². The van der Waals surface area contributed by atoms with Gasteiger partial charge in [-0.3, -0.25) is 0 Å². The summed E-state index contributed by atoms with van der Waals surface area (Å²) in [6.45, 7) is 7.75. The van der Waals surface area contributed by atoms with E-state index < -0.39 is 9.05 Å². The Morgan fingerprint density at radius 3 is 2.21 bits per heavy atom. The molecule has 1 aliphatic rings. The highest BCUT2D eigenvalue weighted by Gasteiger charge is 2.30. The van der Waals surface area contributed by atoms with Crippen molar-refractivity contribution in [1.29, 1.82) is 0 Å². The Balaban J connectivity index is 3.32. The summed E-state index contributed by atoms with van der Waals surface area (Å²) in [4.78, 5) is 0.335. The third kappa shape index (κ3) is 2.04. The molecule has 1 aliphatic carbocycles. The lowest BCUT2D eigenvalue weighted by Gasteiger charge is -2.09. The van der Waals surface area contributed by atoms with E-state index in [-0.39, 0.29) is 11.8 Å². The first kappa shape index (κ1) is 11.8. The van der Waals surface area contributed by atoms with E-state index in [9.17, 15) is 8.42 Å². The molecule has 0 bridgehead atoms. The second kappa shape index (κ2) is 3.70. The molecule has 1 rings (SSSR count). The fourth-order valence-electron chi connectivity index (χ4n) is 1.69. The van der Waals surface area contributed by atoms with Crippen molar-refractivity contribution in [2.45, 2.75) is 27.7 Å². The zero-order valence-electron chi connectivity index (χ0n) is 8.83. The van der Waals surface area contributed by atoms with Crippen LogP contribution in [0.3, 0.4) is 0 Å². The van der Waals surface area contributed by atoms with Crippen LogP contribution >= 0.6 is 10.7 Å². The highest BCUT2D eigenvalue weighted by atomic mass is 35.7. The summed E-state index contributed by atoms with van der Waals surface area (Å²) in [5, 5.41) is 0. The third-order valence-electron chi connectivity index (χ3n) is 2.60. The van der Waals surface area contributed by atoms with E-state index in [4.69, 9.17) is 10.7 Å². The van der Waals surface area contributed by atoms with Gasteiger partial charge < -0.3 is 0 Å². The number of allylic oxidation sites excluding steroid dienone is 3. The Morgan fingerprint density at radius 2 is 1.93 bits per heavy atom. The fraction of sp³-hybridized carbons (Fsp3) is 0.600. The lowest BCUT2D eigenvalue weighted by molar-refractivity contribution is 0.613. The van der Waals surface area contributed by atoms with E-state index in [1.807, 2.05) is 33.8 Å². The van der Waals surface area contributed by atoms with Gasteiger partial charge in [-0.2, -0.15) is 0 Å². The van der Waals surface area contributed by atoms with E-state index >= 15 is 0 Å². The molecular weight excluding hydrogens is 220 g/mol. The Bertz CT molecular complexity index is 402. The van der Waals surface area contributed by atoms with Gasteiger partial charge in [-0.15, -0.1) is 0 Å². The molecule has 14 heavy (non-hydrogen) atoms. The van der Waals surface area contributed by atoms with Crippen LogP contribution in [0.1, 0.15) is 27.7 Å². The molecule has 0 radical (unpaired) electrons. The van der Waals surface area contributed by atoms with Gasteiger partial charge in [0.05, 0.1) is 4.91 Å². The topological polar surface area (TPSA) is 34.1 Å². The largest absolute Gasteiger partial charge is 0.261 e. The quantitative estimate of drug-likeness (QED) is 0.689. The third-order valence-corrected chi connectivity index (χ3v) is 4.11. The van der Waals surface area contributed by atoms with Crippen molar-refractivity contribution >= 4 is 19.7 Å². The Kier molecular flexibility index (Phi) is 3.12. The zero-order chi connectivity index (χ0) is 11.1. The maximum atomic E-state index is 11.4. The standard InChI is InChI=1S/C10H15ClO2S/c1-6(2)9-5-7(3)8(4)10(9)14(11,12)13/h5-7H,1-4H3/t7-/m0/s1. The Hall–Kier alpha value is -0.280. The number of halogens is 1. The van der Waals surface area contributed by atoms with Gasteiger partial charge in [-0.1, -0.05) is 26.8 Å². The maximum Gasteiger partial charge on any atom is 0.261 e. The summed E-state index contributed by atoms with van der Waals surface area (Å²) in [6, 6.07) is 0. The highest BCUT2D eigenvalue weighted by molar-refractivity contribution is 8.17. The lowest BCUT2D eigenvalue weighted by atomic mass is 10.0. The molecule has 0 aromatic carbocycles. The summed E-state index contributed by atoms with van der Waals surface area (Å²) in [5.74, 6) is 0.370. The molecule has 0 saturated heterocycles. The minimum absolute atomic E-state index is 0.177. The molecule has 1 atom stereocenters. The van der Waals surface area contributed by atoms with Gasteiger partial charge in [0.1, 0.15) is 0 Å². The predicted molar refractivity (Wildman–Crippen MR) is 59.6 cm³/mol. The normalized spacial score (nSPS) is 23.3. The van der Waals surface area contributed by atoms with Crippen LogP contribution < -0.4 is 0 Å². The van der Waals surface area contributed by atoms with E-state index in [0.29, 0.717) is 4.91 Å². The molecule has 0 amide bonds. The summed E-state index contributed by atoms with van der Waals surface area (Å²) >= 11 is 0. The molecule has 80 valence electrons. The van der Waals surface area contributed by atoms with Crippen LogP contribution in [-0.4, -0.2) is 8.42 Å². The number of hydrogen-bond donors (Lipinski definition) is 0. The molecule has 0 aromatic rings. The molecule has 0 fully saturated rings. The van der Waals surface area contributed by atoms with E-state index in [1.54, 1.807) is 0 Å². The van der Waals surface area contributed by atoms with Crippen molar-refractivity contribution in [3.63, 3.8) is 0 Å². The monoisotopic (exact) mass is 234 g/mol. The first-order valence-electron chi connectivity index (χ1n) is 4.62. The molecule has 0 unspecified atom stereocenters. The van der Waals surface area contributed by atoms with Gasteiger partial charge in [0.25, 0.3) is 9.05 Å². The molecular formula is C10H15ClO2S. The molecule has 0 aromatic heterocycles. The highest BCUT2D eigenvalue weighted by Crippen LogP contribution is 2.39. The molecule has 0 aliphatic heterocycles. The lowest BCUT2D eigenvalue weighted by Crippen LogP contribution is -2.03. The van der Waals surface area contributed by atoms with Gasteiger partial charge in [-0.25, -0.2) is 8.42 Å². The number of hydrogen-bond acceptors (Lipinski definition) is 2. The molecule has 0 saturated carbocycles. The van der Waals surface area contributed by atoms with Gasteiger partial charge in [0, 0.05) is 10.7 Å². The number of rotatable bonds is 2. The van der Waals surface area contributed by atoms with Gasteiger partial charge in [0.2, 0.25) is 0 Å². The second-order valence-corrected chi connectivity index (χ2v) is 6.52. The fourth-order valence-corrected chi connectivity index (χ4v) is 3.48. The molecule has 0 spiro atoms. The average molecular weight is 235 g/mol. The zero-order valence-corrected chi connectivity index (χ0v) is 10.4. The minimum atomic E-state index is -3.60. The van der Waals surface area contributed by atoms with Crippen LogP contribution in [0.2, 0.25) is 0 Å². The predicted octanol–water partition coefficient (Wildman–Crippen LogP) is 3.06. The average Bonchev–Trinajstić information content (AvgIpc) is 2.27. The maximum absolute atomic E-state index is 11.4. The smallest absolute Gasteiger partial charge is 0.207 e. The van der Waals surface area contributed by atoms with E-state index in [1.165, 1.54) is 0 Å². The van der Waals surface area contributed by atoms with E-state index in [0.717, 1.165) is 11.1 Å². The Labute approximate surface area is 90.1 Å². The van der Waals surface area contributed by atoms with Crippen molar-refractivity contribution in [2.75, 3.05) is 0 Å². The van der Waals surface area contributed by atoms with Crippen LogP contribution in [0.5, 0.6) is 0 Å². The summed E-state index contributed by atoms with van der Waals surface area (Å²) in [7, 11) is 1.82. The second-order valence-electron chi connectivity index (χ2n) is 4.02. The summed E-state index contributed by atoms with van der Waals surface area (Å²) < 4.78 is 22.7. The minimum Gasteiger partial charge on any atom is -0.207 e. The first-order valence-corrected chi connectivity index (χ1v) is 6.93. The first-order chi connectivity index (χ1) is 6.25. The summed E-state index contributed by atoms with van der Waals surface area (Å²) in [5.41, 5.74) is 1.70. The molecule has 4 heteroatoms. The van der Waals surface area contributed by atoms with Crippen molar-refractivity contribution in [3.05, 3.63) is 22.1 Å². The van der Waals surface area contributed by atoms with Crippen molar-refractivity contribution < 1.29 is 8.42 Å². The summed E-state index contributed by atoms with van der Waals surface area (Å²) in [6.07, 6.45) is 1.98. The Morgan fingerprint density at radius 1 is 1.43 bits per heavy atom. The van der Waals surface area contributed by atoms with Gasteiger partial charge in [0.15, 0.2) is 0 Å². The van der Waals surface area contributed by atoms with Crippen molar-refractivity contribution in [1.82, 2.24) is 0 Å². The van der Waals surface area contributed by atoms with Crippen molar-refractivity contribution in [2.24, 2.45) is 11.8 Å². The SMILES string of the molecule is CC1=C(S(=O)(=O)Cl)C(C(C)C)=C[C@@H]1C. The van der Waals surface area contributed by atoms with Crippen LogP contribution in [-0.2, 0) is 9.05 Å². The van der Waals surface area contributed by atoms with Crippen LogP contribution in [0.4, 0.5) is 0 Å². The van der Waals surface area contributed by atoms with Crippen LogP contribution in [0.25, 0.3) is 0 Å². The van der Waals surface area contributed by atoms with Gasteiger partial charge in [-0.05, 0) is 29.9 Å². The van der Waals surface area contributed by atoms with E-state index in [2.05, 4.69) is 0 Å².